The molecule has 0 aromatic heterocycles. The summed E-state index contributed by atoms with van der Waals surface area (Å²) in [4.78, 5) is 26.4. The van der Waals surface area contributed by atoms with Crippen molar-refractivity contribution in [1.29, 1.82) is 0 Å². The van der Waals surface area contributed by atoms with Crippen molar-refractivity contribution < 1.29 is 23.5 Å². The zero-order valence-corrected chi connectivity index (χ0v) is 18.5. The van der Waals surface area contributed by atoms with Crippen molar-refractivity contribution >= 4 is 25.9 Å². The number of hydrogen-bond acceptors (Lipinski definition) is 5. The first-order chi connectivity index (χ1) is 13.7. The van der Waals surface area contributed by atoms with Crippen LogP contribution in [0.2, 0.25) is 19.6 Å². The van der Waals surface area contributed by atoms with Gasteiger partial charge in [0, 0.05) is 6.42 Å². The Hall–Kier alpha value is -1.96. The molecule has 0 unspecified atom stereocenters. The third-order valence-corrected chi connectivity index (χ3v) is 6.80. The molecule has 0 radical (unpaired) electrons. The summed E-state index contributed by atoms with van der Waals surface area (Å²) in [5.74, 6) is -1.78. The molecule has 1 spiro atoms. The fourth-order valence-corrected chi connectivity index (χ4v) is 6.29. The Bertz CT molecular complexity index is 862. The number of hydrogen-bond donors (Lipinski definition) is 1. The third kappa shape index (κ3) is 3.16. The average Bonchev–Trinajstić information content (AvgIpc) is 2.95. The van der Waals surface area contributed by atoms with Gasteiger partial charge in [-0.05, 0) is 45.0 Å². The Labute approximate surface area is 172 Å². The lowest BCUT2D eigenvalue weighted by atomic mass is 9.64. The van der Waals surface area contributed by atoms with E-state index in [-0.39, 0.29) is 24.0 Å². The summed E-state index contributed by atoms with van der Waals surface area (Å²) in [6.07, 6.45) is 3.50. The smallest absolute Gasteiger partial charge is 0.339 e. The van der Waals surface area contributed by atoms with Gasteiger partial charge in [-0.2, -0.15) is 0 Å². The highest BCUT2D eigenvalue weighted by atomic mass is 28.4. The van der Waals surface area contributed by atoms with Gasteiger partial charge in [-0.1, -0.05) is 36.8 Å². The standard InChI is InChI=1S/C22H29NO5Si/c1-5-26-19(24)17-18(15-11-7-6-8-12-15)23-20(25)22(17)16-13-9-10-14-21(16,27-22)28-29(2,3)4/h6-8,11-12,16H,5,9-10,13-14H2,1-4H3,(H,23,25)/t16-,21-,22-/m1/s1. The van der Waals surface area contributed by atoms with Gasteiger partial charge < -0.3 is 19.2 Å². The molecule has 3 aliphatic rings. The fraction of sp³-hybridized carbons (Fsp3) is 0.545. The van der Waals surface area contributed by atoms with Crippen LogP contribution in [0.1, 0.15) is 38.2 Å². The maximum Gasteiger partial charge on any atom is 0.339 e. The summed E-state index contributed by atoms with van der Waals surface area (Å²) >= 11 is 0. The van der Waals surface area contributed by atoms with Crippen molar-refractivity contribution in [3.8, 4) is 0 Å². The van der Waals surface area contributed by atoms with E-state index in [2.05, 4.69) is 25.0 Å². The molecular formula is C22H29NO5Si. The Balaban J connectivity index is 1.82. The first kappa shape index (κ1) is 20.3. The molecule has 7 heteroatoms. The van der Waals surface area contributed by atoms with Gasteiger partial charge in [0.1, 0.15) is 5.57 Å². The second-order valence-electron chi connectivity index (χ2n) is 8.95. The molecule has 4 rings (SSSR count). The van der Waals surface area contributed by atoms with E-state index < -0.39 is 25.7 Å². The summed E-state index contributed by atoms with van der Waals surface area (Å²) in [6, 6.07) is 9.40. The number of rotatable bonds is 5. The number of benzene rings is 1. The summed E-state index contributed by atoms with van der Waals surface area (Å²) in [7, 11) is -1.93. The third-order valence-electron chi connectivity index (χ3n) is 5.84. The van der Waals surface area contributed by atoms with Crippen molar-refractivity contribution in [2.24, 2.45) is 5.92 Å². The van der Waals surface area contributed by atoms with E-state index in [0.29, 0.717) is 5.70 Å². The number of esters is 1. The predicted octanol–water partition coefficient (Wildman–Crippen LogP) is 3.60. The number of nitrogens with one attached hydrogen (secondary N) is 1. The minimum absolute atomic E-state index is 0.198. The van der Waals surface area contributed by atoms with Crippen LogP contribution in [-0.2, 0) is 23.5 Å². The Morgan fingerprint density at radius 2 is 1.97 bits per heavy atom. The predicted molar refractivity (Wildman–Crippen MR) is 111 cm³/mol. The molecule has 1 aromatic rings. The van der Waals surface area contributed by atoms with E-state index >= 15 is 0 Å². The SMILES string of the molecule is CCOC(=O)C1=C(c2ccccc2)NC(=O)[C@]12O[C@@]1(O[Si](C)(C)C)CCCC[C@H]12. The Kier molecular flexibility index (Phi) is 4.95. The van der Waals surface area contributed by atoms with Crippen LogP contribution in [0.15, 0.2) is 35.9 Å². The molecule has 1 saturated heterocycles. The van der Waals surface area contributed by atoms with Crippen molar-refractivity contribution in [3.63, 3.8) is 0 Å². The van der Waals surface area contributed by atoms with Gasteiger partial charge in [0.15, 0.2) is 19.7 Å². The van der Waals surface area contributed by atoms with Crippen molar-refractivity contribution in [1.82, 2.24) is 5.32 Å². The highest BCUT2D eigenvalue weighted by Crippen LogP contribution is 2.61. The van der Waals surface area contributed by atoms with Crippen LogP contribution in [0.5, 0.6) is 0 Å². The van der Waals surface area contributed by atoms with Crippen LogP contribution in [0.4, 0.5) is 0 Å². The van der Waals surface area contributed by atoms with E-state index in [9.17, 15) is 9.59 Å². The quantitative estimate of drug-likeness (QED) is 0.588. The van der Waals surface area contributed by atoms with E-state index in [1.165, 1.54) is 0 Å². The number of ether oxygens (including phenoxy) is 2. The number of carbonyl (C=O) groups is 2. The van der Waals surface area contributed by atoms with Gasteiger partial charge in [-0.15, -0.1) is 0 Å². The Morgan fingerprint density at radius 1 is 1.24 bits per heavy atom. The van der Waals surface area contributed by atoms with Crippen LogP contribution in [0, 0.1) is 5.92 Å². The summed E-state index contributed by atoms with van der Waals surface area (Å²) < 4.78 is 18.3. The molecule has 1 N–H and O–H groups in total. The molecule has 2 fully saturated rings. The van der Waals surface area contributed by atoms with Gasteiger partial charge in [-0.3, -0.25) is 4.79 Å². The minimum atomic E-state index is -1.93. The normalized spacial score (nSPS) is 31.3. The van der Waals surface area contributed by atoms with Gasteiger partial charge in [0.25, 0.3) is 5.91 Å². The fourth-order valence-electron chi connectivity index (χ4n) is 4.97. The van der Waals surface area contributed by atoms with Crippen LogP contribution in [0.3, 0.4) is 0 Å². The van der Waals surface area contributed by atoms with Crippen LogP contribution in [-0.4, -0.2) is 38.2 Å². The highest BCUT2D eigenvalue weighted by molar-refractivity contribution is 6.69. The molecule has 1 amide bonds. The average molecular weight is 416 g/mol. The zero-order valence-electron chi connectivity index (χ0n) is 17.5. The van der Waals surface area contributed by atoms with E-state index in [0.717, 1.165) is 31.2 Å². The highest BCUT2D eigenvalue weighted by Gasteiger charge is 2.75. The van der Waals surface area contributed by atoms with Crippen LogP contribution in [0.25, 0.3) is 5.70 Å². The number of fused-ring (bicyclic) bond motifs is 2. The summed E-state index contributed by atoms with van der Waals surface area (Å²) in [6.45, 7) is 8.35. The topological polar surface area (TPSA) is 73.9 Å². The van der Waals surface area contributed by atoms with Gasteiger partial charge in [0.05, 0.1) is 18.2 Å². The monoisotopic (exact) mass is 415 g/mol. The second kappa shape index (κ2) is 7.07. The lowest BCUT2D eigenvalue weighted by Crippen LogP contribution is -2.76. The molecular weight excluding hydrogens is 386 g/mol. The van der Waals surface area contributed by atoms with E-state index in [4.69, 9.17) is 13.9 Å². The van der Waals surface area contributed by atoms with Crippen molar-refractivity contribution in [3.05, 3.63) is 41.5 Å². The molecule has 29 heavy (non-hydrogen) atoms. The molecule has 1 aliphatic carbocycles. The molecule has 6 nitrogen and oxygen atoms in total. The number of carbonyl (C=O) groups excluding carboxylic acids is 2. The molecule has 1 saturated carbocycles. The first-order valence-electron chi connectivity index (χ1n) is 10.4. The largest absolute Gasteiger partial charge is 0.462 e. The molecule has 1 aromatic carbocycles. The van der Waals surface area contributed by atoms with Crippen molar-refractivity contribution in [2.75, 3.05) is 6.61 Å². The van der Waals surface area contributed by atoms with Crippen LogP contribution < -0.4 is 5.32 Å². The summed E-state index contributed by atoms with van der Waals surface area (Å²) in [5.41, 5.74) is 0.208. The number of amides is 1. The molecule has 2 aliphatic heterocycles. The molecule has 156 valence electrons. The van der Waals surface area contributed by atoms with Gasteiger partial charge >= 0.3 is 5.97 Å². The van der Waals surface area contributed by atoms with E-state index in [1.54, 1.807) is 6.92 Å². The maximum absolute atomic E-state index is 13.3. The zero-order chi connectivity index (χ0) is 20.9. The second-order valence-corrected chi connectivity index (χ2v) is 13.4. The lowest BCUT2D eigenvalue weighted by Gasteiger charge is -2.62. The molecule has 3 atom stereocenters. The van der Waals surface area contributed by atoms with Gasteiger partial charge in [0.2, 0.25) is 0 Å². The van der Waals surface area contributed by atoms with Crippen LogP contribution >= 0.6 is 0 Å². The first-order valence-corrected chi connectivity index (χ1v) is 13.8. The molecule has 2 heterocycles. The lowest BCUT2D eigenvalue weighted by molar-refractivity contribution is -0.385. The van der Waals surface area contributed by atoms with Gasteiger partial charge in [-0.25, -0.2) is 4.79 Å². The minimum Gasteiger partial charge on any atom is -0.462 e. The maximum atomic E-state index is 13.3. The van der Waals surface area contributed by atoms with Crippen molar-refractivity contribution in [2.45, 2.75) is 63.6 Å². The Morgan fingerprint density at radius 3 is 2.62 bits per heavy atom. The molecule has 0 bridgehead atoms. The van der Waals surface area contributed by atoms with E-state index in [1.807, 2.05) is 30.3 Å². The summed E-state index contributed by atoms with van der Waals surface area (Å²) in [5, 5.41) is 2.94.